The van der Waals surface area contributed by atoms with E-state index in [0.717, 1.165) is 0 Å². The number of carboxylic acids is 1. The van der Waals surface area contributed by atoms with Crippen molar-refractivity contribution in [3.63, 3.8) is 0 Å². The first-order chi connectivity index (χ1) is 7.97. The first-order valence-corrected chi connectivity index (χ1v) is 5.63. The monoisotopic (exact) mass is 238 g/mol. The Morgan fingerprint density at radius 1 is 1.41 bits per heavy atom. The van der Waals surface area contributed by atoms with Crippen molar-refractivity contribution in [3.8, 4) is 5.75 Å². The molecule has 0 fully saturated rings. The van der Waals surface area contributed by atoms with E-state index in [4.69, 9.17) is 10.2 Å². The van der Waals surface area contributed by atoms with E-state index in [1.807, 2.05) is 6.92 Å². The Labute approximate surface area is 101 Å². The summed E-state index contributed by atoms with van der Waals surface area (Å²) in [4.78, 5) is 11.1. The van der Waals surface area contributed by atoms with Crippen LogP contribution in [0, 0.1) is 12.8 Å². The average Bonchev–Trinajstić information content (AvgIpc) is 2.29. The highest BCUT2D eigenvalue weighted by atomic mass is 16.4. The van der Waals surface area contributed by atoms with Gasteiger partial charge in [-0.1, -0.05) is 19.1 Å². The van der Waals surface area contributed by atoms with Crippen molar-refractivity contribution in [1.29, 1.82) is 0 Å². The maximum Gasteiger partial charge on any atom is 0.339 e. The lowest BCUT2D eigenvalue weighted by Crippen LogP contribution is -2.07. The van der Waals surface area contributed by atoms with E-state index >= 15 is 0 Å². The van der Waals surface area contributed by atoms with Crippen LogP contribution in [0.2, 0.25) is 0 Å². The lowest BCUT2D eigenvalue weighted by atomic mass is 9.95. The number of hydrogen-bond acceptors (Lipinski definition) is 3. The van der Waals surface area contributed by atoms with Crippen molar-refractivity contribution < 1.29 is 20.1 Å². The first kappa shape index (κ1) is 13.5. The predicted octanol–water partition coefficient (Wildman–Crippen LogP) is 1.96. The van der Waals surface area contributed by atoms with Crippen molar-refractivity contribution in [2.45, 2.75) is 26.7 Å². The van der Waals surface area contributed by atoms with Crippen LogP contribution in [0.1, 0.15) is 34.8 Å². The normalized spacial score (nSPS) is 12.4. The van der Waals surface area contributed by atoms with E-state index in [1.165, 1.54) is 0 Å². The number of aryl methyl sites for hydroxylation is 2. The van der Waals surface area contributed by atoms with Crippen LogP contribution < -0.4 is 0 Å². The predicted molar refractivity (Wildman–Crippen MR) is 64.4 cm³/mol. The van der Waals surface area contributed by atoms with Gasteiger partial charge in [0.15, 0.2) is 0 Å². The zero-order chi connectivity index (χ0) is 13.0. The Kier molecular flexibility index (Phi) is 4.52. The van der Waals surface area contributed by atoms with Gasteiger partial charge < -0.3 is 15.3 Å². The smallest absolute Gasteiger partial charge is 0.339 e. The van der Waals surface area contributed by atoms with Gasteiger partial charge in [0.1, 0.15) is 11.3 Å². The first-order valence-electron chi connectivity index (χ1n) is 5.63. The molecule has 1 rings (SSSR count). The number of carboxylic acid groups (broad SMARTS) is 1. The zero-order valence-corrected chi connectivity index (χ0v) is 10.1. The second-order valence-electron chi connectivity index (χ2n) is 4.40. The number of aromatic hydroxyl groups is 1. The quantitative estimate of drug-likeness (QED) is 0.732. The molecule has 4 nitrogen and oxygen atoms in total. The van der Waals surface area contributed by atoms with Gasteiger partial charge in [-0.25, -0.2) is 4.79 Å². The summed E-state index contributed by atoms with van der Waals surface area (Å²) < 4.78 is 0. The molecule has 17 heavy (non-hydrogen) atoms. The highest BCUT2D eigenvalue weighted by Gasteiger charge is 2.17. The Hall–Kier alpha value is -1.55. The fraction of sp³-hybridized carbons (Fsp3) is 0.462. The molecule has 94 valence electrons. The molecule has 3 N–H and O–H groups in total. The lowest BCUT2D eigenvalue weighted by Gasteiger charge is -2.12. The molecular formula is C13H18O4. The minimum absolute atomic E-state index is 0.0184. The van der Waals surface area contributed by atoms with Crippen LogP contribution in [0.4, 0.5) is 0 Å². The summed E-state index contributed by atoms with van der Waals surface area (Å²) in [5.74, 6) is -1.15. The number of aliphatic hydroxyl groups excluding tert-OH is 1. The Bertz CT molecular complexity index is 412. The van der Waals surface area contributed by atoms with E-state index in [0.29, 0.717) is 24.0 Å². The van der Waals surface area contributed by atoms with Crippen LogP contribution in [0.3, 0.4) is 0 Å². The van der Waals surface area contributed by atoms with Crippen molar-refractivity contribution in [3.05, 3.63) is 28.8 Å². The molecule has 0 aliphatic heterocycles. The van der Waals surface area contributed by atoms with Gasteiger partial charge in [-0.05, 0) is 36.8 Å². The minimum Gasteiger partial charge on any atom is -0.507 e. The third-order valence-electron chi connectivity index (χ3n) is 2.90. The maximum absolute atomic E-state index is 11.1. The third-order valence-corrected chi connectivity index (χ3v) is 2.90. The Morgan fingerprint density at radius 3 is 2.59 bits per heavy atom. The molecule has 0 saturated carbocycles. The van der Waals surface area contributed by atoms with Gasteiger partial charge in [0.05, 0.1) is 0 Å². The minimum atomic E-state index is -1.11. The van der Waals surface area contributed by atoms with Crippen molar-refractivity contribution >= 4 is 5.97 Å². The standard InChI is InChI=1S/C13H18O4/c1-8(7-14)3-5-10-6-4-9(2)12(15)11(10)13(16)17/h4,6,8,14-15H,3,5,7H2,1-2H3,(H,16,17). The zero-order valence-electron chi connectivity index (χ0n) is 10.1. The molecule has 1 aromatic carbocycles. The van der Waals surface area contributed by atoms with E-state index < -0.39 is 5.97 Å². The van der Waals surface area contributed by atoms with Gasteiger partial charge in [-0.15, -0.1) is 0 Å². The van der Waals surface area contributed by atoms with Crippen LogP contribution in [0.15, 0.2) is 12.1 Å². The van der Waals surface area contributed by atoms with Crippen molar-refractivity contribution in [2.75, 3.05) is 6.61 Å². The number of aliphatic hydroxyl groups is 1. The van der Waals surface area contributed by atoms with Crippen molar-refractivity contribution in [1.82, 2.24) is 0 Å². The Morgan fingerprint density at radius 2 is 2.06 bits per heavy atom. The number of benzene rings is 1. The summed E-state index contributed by atoms with van der Waals surface area (Å²) in [7, 11) is 0. The van der Waals surface area contributed by atoms with Crippen LogP contribution in [-0.4, -0.2) is 27.9 Å². The maximum atomic E-state index is 11.1. The van der Waals surface area contributed by atoms with Crippen molar-refractivity contribution in [2.24, 2.45) is 5.92 Å². The summed E-state index contributed by atoms with van der Waals surface area (Å²) in [5.41, 5.74) is 1.15. The van der Waals surface area contributed by atoms with E-state index in [1.54, 1.807) is 19.1 Å². The molecule has 0 radical (unpaired) electrons. The van der Waals surface area contributed by atoms with Gasteiger partial charge in [0.2, 0.25) is 0 Å². The molecule has 0 bridgehead atoms. The SMILES string of the molecule is Cc1ccc(CCC(C)CO)c(C(=O)O)c1O. The van der Waals surface area contributed by atoms with Gasteiger partial charge in [0, 0.05) is 6.61 Å². The third kappa shape index (κ3) is 3.20. The highest BCUT2D eigenvalue weighted by molar-refractivity contribution is 5.93. The summed E-state index contributed by atoms with van der Waals surface area (Å²) in [6.45, 7) is 3.65. The summed E-state index contributed by atoms with van der Waals surface area (Å²) in [5, 5.41) is 27.7. The van der Waals surface area contributed by atoms with Crippen LogP contribution in [0.5, 0.6) is 5.75 Å². The molecule has 0 aliphatic carbocycles. The molecule has 0 amide bonds. The van der Waals surface area contributed by atoms with Crippen LogP contribution >= 0.6 is 0 Å². The fourth-order valence-electron chi connectivity index (χ4n) is 1.68. The molecule has 0 aromatic heterocycles. The summed E-state index contributed by atoms with van der Waals surface area (Å²) >= 11 is 0. The van der Waals surface area contributed by atoms with Gasteiger partial charge in [-0.3, -0.25) is 0 Å². The van der Waals surface area contributed by atoms with Gasteiger partial charge in [0.25, 0.3) is 0 Å². The highest BCUT2D eigenvalue weighted by Crippen LogP contribution is 2.27. The molecule has 1 atom stereocenters. The lowest BCUT2D eigenvalue weighted by molar-refractivity contribution is 0.0692. The molecule has 0 spiro atoms. The molecule has 1 unspecified atom stereocenters. The van der Waals surface area contributed by atoms with Crippen LogP contribution in [0.25, 0.3) is 0 Å². The largest absolute Gasteiger partial charge is 0.507 e. The summed E-state index contributed by atoms with van der Waals surface area (Å²) in [6, 6.07) is 3.43. The molecule has 0 heterocycles. The molecule has 0 saturated heterocycles. The average molecular weight is 238 g/mol. The van der Waals surface area contributed by atoms with Gasteiger partial charge >= 0.3 is 5.97 Å². The molecule has 0 aliphatic rings. The van der Waals surface area contributed by atoms with E-state index in [9.17, 15) is 9.90 Å². The summed E-state index contributed by atoms with van der Waals surface area (Å²) in [6.07, 6.45) is 1.23. The topological polar surface area (TPSA) is 77.8 Å². The van der Waals surface area contributed by atoms with Crippen LogP contribution in [-0.2, 0) is 6.42 Å². The Balaban J connectivity index is 2.99. The second kappa shape index (κ2) is 5.68. The van der Waals surface area contributed by atoms with E-state index in [-0.39, 0.29) is 23.8 Å². The number of aromatic carboxylic acids is 1. The molecular weight excluding hydrogens is 220 g/mol. The molecule has 1 aromatic rings. The number of carbonyl (C=O) groups is 1. The number of hydrogen-bond donors (Lipinski definition) is 3. The van der Waals surface area contributed by atoms with Gasteiger partial charge in [-0.2, -0.15) is 0 Å². The second-order valence-corrected chi connectivity index (χ2v) is 4.40. The van der Waals surface area contributed by atoms with E-state index in [2.05, 4.69) is 0 Å². The molecule has 4 heteroatoms. The number of phenols is 1. The number of rotatable bonds is 5. The fourth-order valence-corrected chi connectivity index (χ4v) is 1.68.